The van der Waals surface area contributed by atoms with Crippen molar-refractivity contribution in [2.75, 3.05) is 0 Å². The Morgan fingerprint density at radius 1 is 0.605 bits per heavy atom. The Labute approximate surface area is 232 Å². The van der Waals surface area contributed by atoms with Gasteiger partial charge < -0.3 is 5.73 Å². The van der Waals surface area contributed by atoms with Crippen molar-refractivity contribution >= 4 is 10.1 Å². The van der Waals surface area contributed by atoms with Gasteiger partial charge in [0.15, 0.2) is 0 Å². The second kappa shape index (κ2) is 12.0. The molecule has 0 radical (unpaired) electrons. The van der Waals surface area contributed by atoms with Gasteiger partial charge in [0, 0.05) is 5.54 Å². The van der Waals surface area contributed by atoms with Crippen LogP contribution in [-0.4, -0.2) is 59.9 Å². The number of aryl methyl sites for hydroxylation is 1. The van der Waals surface area contributed by atoms with Crippen molar-refractivity contribution in [2.24, 2.45) is 5.73 Å². The third-order valence-electron chi connectivity index (χ3n) is 6.21. The smallest absolute Gasteiger partial charge is 0.321 e. The van der Waals surface area contributed by atoms with Crippen LogP contribution in [0.15, 0.2) is 24.3 Å². The largest absolute Gasteiger partial charge is 0.460 e. The zero-order valence-corrected chi connectivity index (χ0v) is 22.4. The van der Waals surface area contributed by atoms with Gasteiger partial charge >= 0.3 is 57.1 Å². The molecular formula is C21H22F17NO3S. The van der Waals surface area contributed by atoms with Crippen molar-refractivity contribution in [2.45, 2.75) is 92.5 Å². The number of benzene rings is 1. The van der Waals surface area contributed by atoms with Gasteiger partial charge in [-0.05, 0) is 30.4 Å². The molecule has 0 spiro atoms. The Kier molecular flexibility index (Phi) is 11.4. The molecule has 0 saturated heterocycles. The maximum atomic E-state index is 13.0. The number of nitrogens with two attached hydrogens (primary N) is 1. The van der Waals surface area contributed by atoms with Crippen LogP contribution in [0.5, 0.6) is 0 Å². The maximum absolute atomic E-state index is 13.0. The van der Waals surface area contributed by atoms with E-state index < -0.39 is 57.1 Å². The molecule has 0 aliphatic heterocycles. The van der Waals surface area contributed by atoms with Crippen molar-refractivity contribution in [1.82, 2.24) is 0 Å². The van der Waals surface area contributed by atoms with Crippen LogP contribution in [0.1, 0.15) is 44.7 Å². The predicted octanol–water partition coefficient (Wildman–Crippen LogP) is 8.06. The van der Waals surface area contributed by atoms with Crippen molar-refractivity contribution in [3.8, 4) is 0 Å². The molecule has 22 heteroatoms. The van der Waals surface area contributed by atoms with Gasteiger partial charge in [-0.3, -0.25) is 4.55 Å². The molecule has 0 atom stereocenters. The molecule has 1 aromatic rings. The molecule has 0 aliphatic rings. The minimum atomic E-state index is -8.89. The van der Waals surface area contributed by atoms with Gasteiger partial charge in [0.25, 0.3) is 0 Å². The summed E-state index contributed by atoms with van der Waals surface area (Å²) in [6.07, 6.45) is -4.82. The van der Waals surface area contributed by atoms with Crippen LogP contribution in [0.25, 0.3) is 0 Å². The summed E-state index contributed by atoms with van der Waals surface area (Å²) in [6, 6.07) is 8.53. The maximum Gasteiger partial charge on any atom is 0.460 e. The molecule has 0 heterocycles. The van der Waals surface area contributed by atoms with E-state index in [0.717, 1.165) is 19.3 Å². The van der Waals surface area contributed by atoms with Crippen molar-refractivity contribution in [3.05, 3.63) is 35.4 Å². The van der Waals surface area contributed by atoms with Crippen LogP contribution in [0.2, 0.25) is 0 Å². The average molecular weight is 691 g/mol. The highest BCUT2D eigenvalue weighted by Gasteiger charge is 2.96. The molecule has 0 aliphatic carbocycles. The number of hydrogen-bond donors (Lipinski definition) is 2. The van der Waals surface area contributed by atoms with Gasteiger partial charge in [-0.2, -0.15) is 83.1 Å². The summed E-state index contributed by atoms with van der Waals surface area (Å²) in [6.45, 7) is 6.51. The quantitative estimate of drug-likeness (QED) is 0.182. The fourth-order valence-corrected chi connectivity index (χ4v) is 3.71. The molecule has 3 N–H and O–H groups in total. The lowest BCUT2D eigenvalue weighted by Gasteiger charge is -2.42. The summed E-state index contributed by atoms with van der Waals surface area (Å²) < 4.78 is 242. The van der Waals surface area contributed by atoms with Crippen LogP contribution in [-0.2, 0) is 22.1 Å². The molecule has 0 unspecified atom stereocenters. The van der Waals surface area contributed by atoms with Gasteiger partial charge in [0.1, 0.15) is 0 Å². The zero-order chi connectivity index (χ0) is 35.1. The zero-order valence-electron chi connectivity index (χ0n) is 21.6. The van der Waals surface area contributed by atoms with E-state index in [0.29, 0.717) is 0 Å². The van der Waals surface area contributed by atoms with Crippen LogP contribution < -0.4 is 5.73 Å². The second-order valence-electron chi connectivity index (χ2n) is 8.81. The molecule has 0 amide bonds. The fraction of sp³-hybridized carbons (Fsp3) is 0.714. The summed E-state index contributed by atoms with van der Waals surface area (Å²) in [5.41, 5.74) is 8.98. The lowest BCUT2D eigenvalue weighted by atomic mass is 9.82. The van der Waals surface area contributed by atoms with E-state index in [4.69, 9.17) is 10.3 Å². The van der Waals surface area contributed by atoms with Gasteiger partial charge in [-0.25, -0.2) is 0 Å². The van der Waals surface area contributed by atoms with Crippen LogP contribution in [0.3, 0.4) is 0 Å². The fourth-order valence-electron chi connectivity index (χ4n) is 3.26. The Bertz CT molecular complexity index is 1210. The molecule has 4 nitrogen and oxygen atoms in total. The summed E-state index contributed by atoms with van der Waals surface area (Å²) >= 11 is 0. The van der Waals surface area contributed by atoms with E-state index >= 15 is 0 Å². The van der Waals surface area contributed by atoms with Crippen molar-refractivity contribution < 1.29 is 87.6 Å². The van der Waals surface area contributed by atoms with Gasteiger partial charge in [-0.1, -0.05) is 45.0 Å². The number of hydrogen-bond acceptors (Lipinski definition) is 3. The minimum absolute atomic E-state index is 0.132. The molecule has 1 aromatic carbocycles. The molecule has 0 fully saturated rings. The molecular weight excluding hydrogens is 669 g/mol. The van der Waals surface area contributed by atoms with Crippen LogP contribution >= 0.6 is 0 Å². The Hall–Kier alpha value is -2.10. The van der Waals surface area contributed by atoms with Crippen LogP contribution in [0, 0.1) is 0 Å². The monoisotopic (exact) mass is 691 g/mol. The summed E-state index contributed by atoms with van der Waals surface area (Å²) in [4.78, 5) is 0. The molecule has 0 saturated carbocycles. The van der Waals surface area contributed by atoms with E-state index in [1.165, 1.54) is 11.1 Å². The van der Waals surface area contributed by atoms with E-state index in [1.807, 2.05) is 0 Å². The van der Waals surface area contributed by atoms with E-state index in [2.05, 4.69) is 45.0 Å². The van der Waals surface area contributed by atoms with Gasteiger partial charge in [-0.15, -0.1) is 0 Å². The Morgan fingerprint density at radius 3 is 1.23 bits per heavy atom. The summed E-state index contributed by atoms with van der Waals surface area (Å²) in [5.74, 6) is -52.0. The lowest BCUT2D eigenvalue weighted by Crippen LogP contribution is -2.74. The highest BCUT2D eigenvalue weighted by Crippen LogP contribution is 2.64. The molecule has 1 rings (SSSR count). The second-order valence-corrected chi connectivity index (χ2v) is 10.3. The third-order valence-corrected chi connectivity index (χ3v) is 7.12. The predicted molar refractivity (Wildman–Crippen MR) is 115 cm³/mol. The number of rotatable bonds is 11. The topological polar surface area (TPSA) is 80.4 Å². The van der Waals surface area contributed by atoms with E-state index in [1.54, 1.807) is 0 Å². The van der Waals surface area contributed by atoms with Gasteiger partial charge in [0.2, 0.25) is 0 Å². The first-order valence-corrected chi connectivity index (χ1v) is 12.7. The highest BCUT2D eigenvalue weighted by atomic mass is 32.2. The number of alkyl halides is 17. The highest BCUT2D eigenvalue weighted by molar-refractivity contribution is 7.87. The standard InChI is InChI=1S/C13H21N.C8HF17O3S/c1-4-11-9-7-8-10-12(11)13(14,5-2)6-3;9-1(10,3(13,14)5(17,18)7(21,22)23)2(11,12)4(15,16)6(19,20)8(24,25)29(26,27)28/h7-10H,4-6,14H2,1-3H3;(H,26,27,28). The first-order chi connectivity index (χ1) is 18.7. The van der Waals surface area contributed by atoms with Crippen LogP contribution in [0.4, 0.5) is 74.6 Å². The number of halogens is 17. The average Bonchev–Trinajstić information content (AvgIpc) is 2.86. The van der Waals surface area contributed by atoms with E-state index in [-0.39, 0.29) is 5.54 Å². The summed E-state index contributed by atoms with van der Waals surface area (Å²) in [5, 5.41) is -7.84. The van der Waals surface area contributed by atoms with Crippen molar-refractivity contribution in [1.29, 1.82) is 0 Å². The minimum Gasteiger partial charge on any atom is -0.321 e. The SMILES string of the molecule is CCc1ccccc1C(N)(CC)CC.O=S(=O)(O)C(F)(F)C(F)(F)C(F)(F)C(F)(F)C(F)(F)C(F)(F)C(F)(F)C(F)(F)F. The molecule has 0 bridgehead atoms. The van der Waals surface area contributed by atoms with Gasteiger partial charge in [0.05, 0.1) is 0 Å². The first kappa shape index (κ1) is 40.9. The third kappa shape index (κ3) is 6.36. The molecule has 254 valence electrons. The lowest BCUT2D eigenvalue weighted by molar-refractivity contribution is -0.458. The van der Waals surface area contributed by atoms with Crippen molar-refractivity contribution in [3.63, 3.8) is 0 Å². The Balaban J connectivity index is 0.00000104. The first-order valence-electron chi connectivity index (χ1n) is 11.2. The molecule has 43 heavy (non-hydrogen) atoms. The summed E-state index contributed by atoms with van der Waals surface area (Å²) in [7, 11) is -7.89. The normalized spacial score (nSPS) is 15.2. The molecule has 0 aromatic heterocycles. The van der Waals surface area contributed by atoms with E-state index in [9.17, 15) is 83.1 Å². The Morgan fingerprint density at radius 2 is 0.930 bits per heavy atom.